The second-order valence-corrected chi connectivity index (χ2v) is 5.38. The van der Waals surface area contributed by atoms with Gasteiger partial charge in [0.25, 0.3) is 0 Å². The average molecular weight is 269 g/mol. The smallest absolute Gasteiger partial charge is 0.115 e. The summed E-state index contributed by atoms with van der Waals surface area (Å²) in [5, 5.41) is 22.5. The summed E-state index contributed by atoms with van der Waals surface area (Å²) in [5.41, 5.74) is 3.70. The number of fused-ring (bicyclic) bond motifs is 1. The van der Waals surface area contributed by atoms with Gasteiger partial charge in [0.15, 0.2) is 0 Å². The van der Waals surface area contributed by atoms with Gasteiger partial charge in [0.1, 0.15) is 11.5 Å². The van der Waals surface area contributed by atoms with Gasteiger partial charge in [-0.1, -0.05) is 18.2 Å². The number of hydrogen-bond donors (Lipinski definition) is 3. The molecule has 3 rings (SSSR count). The van der Waals surface area contributed by atoms with Gasteiger partial charge in [0, 0.05) is 12.6 Å². The van der Waals surface area contributed by atoms with Crippen LogP contribution in [0, 0.1) is 0 Å². The number of aromatic hydroxyl groups is 2. The maximum atomic E-state index is 9.67. The van der Waals surface area contributed by atoms with E-state index in [-0.39, 0.29) is 0 Å². The van der Waals surface area contributed by atoms with Crippen molar-refractivity contribution in [2.75, 3.05) is 0 Å². The van der Waals surface area contributed by atoms with Crippen LogP contribution >= 0.6 is 0 Å². The summed E-state index contributed by atoms with van der Waals surface area (Å²) in [6, 6.07) is 13.2. The normalized spacial score (nSPS) is 17.7. The molecule has 2 aromatic carbocycles. The van der Waals surface area contributed by atoms with E-state index in [1.54, 1.807) is 18.2 Å². The van der Waals surface area contributed by atoms with Crippen LogP contribution in [-0.2, 0) is 13.0 Å². The van der Waals surface area contributed by atoms with Gasteiger partial charge < -0.3 is 15.5 Å². The van der Waals surface area contributed by atoms with Crippen molar-refractivity contribution in [3.63, 3.8) is 0 Å². The molecule has 20 heavy (non-hydrogen) atoms. The zero-order chi connectivity index (χ0) is 13.9. The summed E-state index contributed by atoms with van der Waals surface area (Å²) in [4.78, 5) is 0. The Balaban J connectivity index is 1.73. The van der Waals surface area contributed by atoms with E-state index in [0.717, 1.165) is 24.9 Å². The van der Waals surface area contributed by atoms with Crippen molar-refractivity contribution in [1.82, 2.24) is 5.32 Å². The average Bonchev–Trinajstić information content (AvgIpc) is 2.47. The number of phenolic OH excluding ortho intramolecular Hbond substituents is 2. The minimum atomic E-state index is 0.291. The van der Waals surface area contributed by atoms with E-state index in [4.69, 9.17) is 0 Å². The zero-order valence-electron chi connectivity index (χ0n) is 11.3. The minimum absolute atomic E-state index is 0.291. The van der Waals surface area contributed by atoms with Crippen LogP contribution in [0.3, 0.4) is 0 Å². The van der Waals surface area contributed by atoms with Gasteiger partial charge in [-0.2, -0.15) is 0 Å². The molecule has 0 saturated carbocycles. The van der Waals surface area contributed by atoms with Crippen LogP contribution in [0.5, 0.6) is 11.5 Å². The lowest BCUT2D eigenvalue weighted by Gasteiger charge is -2.26. The molecule has 0 aliphatic heterocycles. The van der Waals surface area contributed by atoms with E-state index >= 15 is 0 Å². The van der Waals surface area contributed by atoms with Gasteiger partial charge in [-0.05, 0) is 60.2 Å². The molecule has 0 aromatic heterocycles. The molecule has 0 saturated heterocycles. The highest BCUT2D eigenvalue weighted by molar-refractivity contribution is 5.38. The molecular weight excluding hydrogens is 250 g/mol. The summed E-state index contributed by atoms with van der Waals surface area (Å²) >= 11 is 0. The fourth-order valence-corrected chi connectivity index (χ4v) is 2.85. The summed E-state index contributed by atoms with van der Waals surface area (Å²) in [6.07, 6.45) is 3.35. The number of phenols is 2. The Hall–Kier alpha value is -2.00. The van der Waals surface area contributed by atoms with Crippen LogP contribution in [0.4, 0.5) is 0 Å². The van der Waals surface area contributed by atoms with Crippen molar-refractivity contribution in [3.05, 3.63) is 59.2 Å². The molecule has 0 heterocycles. The highest BCUT2D eigenvalue weighted by atomic mass is 16.3. The van der Waals surface area contributed by atoms with E-state index < -0.39 is 0 Å². The van der Waals surface area contributed by atoms with Crippen molar-refractivity contribution >= 4 is 0 Å². The molecule has 1 aliphatic carbocycles. The lowest BCUT2D eigenvalue weighted by atomic mass is 9.87. The van der Waals surface area contributed by atoms with E-state index in [1.807, 2.05) is 24.3 Å². The monoisotopic (exact) mass is 269 g/mol. The quantitative estimate of drug-likeness (QED) is 0.801. The summed E-state index contributed by atoms with van der Waals surface area (Å²) in [6.45, 7) is 0.764. The molecule has 0 spiro atoms. The predicted molar refractivity (Wildman–Crippen MR) is 78.7 cm³/mol. The topological polar surface area (TPSA) is 52.5 Å². The van der Waals surface area contributed by atoms with Crippen LogP contribution in [0.15, 0.2) is 42.5 Å². The van der Waals surface area contributed by atoms with Crippen molar-refractivity contribution in [2.45, 2.75) is 31.8 Å². The predicted octanol–water partition coefficient (Wildman–Crippen LogP) is 3.27. The standard InChI is InChI=1S/C17H19NO2/c19-14-7-4-12(5-8-14)11-18-17-3-1-2-13-6-9-15(20)10-16(13)17/h4-10,17-20H,1-3,11H2. The molecular formula is C17H19NO2. The molecule has 0 fully saturated rings. The van der Waals surface area contributed by atoms with E-state index in [0.29, 0.717) is 17.5 Å². The first kappa shape index (κ1) is 13.0. The Labute approximate surface area is 118 Å². The maximum absolute atomic E-state index is 9.67. The number of nitrogens with one attached hydrogen (secondary N) is 1. The van der Waals surface area contributed by atoms with Gasteiger partial charge in [-0.15, -0.1) is 0 Å². The van der Waals surface area contributed by atoms with Crippen molar-refractivity contribution in [3.8, 4) is 11.5 Å². The molecule has 3 nitrogen and oxygen atoms in total. The van der Waals surface area contributed by atoms with Crippen molar-refractivity contribution in [2.24, 2.45) is 0 Å². The van der Waals surface area contributed by atoms with E-state index in [2.05, 4.69) is 5.32 Å². The van der Waals surface area contributed by atoms with Crippen molar-refractivity contribution < 1.29 is 10.2 Å². The summed E-state index contributed by atoms with van der Waals surface area (Å²) in [5.74, 6) is 0.628. The van der Waals surface area contributed by atoms with Gasteiger partial charge in [0.2, 0.25) is 0 Å². The maximum Gasteiger partial charge on any atom is 0.115 e. The molecule has 0 amide bonds. The highest BCUT2D eigenvalue weighted by Crippen LogP contribution is 2.32. The van der Waals surface area contributed by atoms with Crippen LogP contribution in [0.25, 0.3) is 0 Å². The third-order valence-electron chi connectivity index (χ3n) is 3.93. The van der Waals surface area contributed by atoms with E-state index in [9.17, 15) is 10.2 Å². The lowest BCUT2D eigenvalue weighted by Crippen LogP contribution is -2.24. The zero-order valence-corrected chi connectivity index (χ0v) is 11.3. The van der Waals surface area contributed by atoms with Crippen LogP contribution in [0.1, 0.15) is 35.6 Å². The Bertz CT molecular complexity index is 592. The molecule has 3 heteroatoms. The van der Waals surface area contributed by atoms with Crippen LogP contribution in [0.2, 0.25) is 0 Å². The molecule has 104 valence electrons. The SMILES string of the molecule is Oc1ccc(CNC2CCCc3ccc(O)cc32)cc1. The third kappa shape index (κ3) is 2.78. The lowest BCUT2D eigenvalue weighted by molar-refractivity contribution is 0.445. The molecule has 3 N–H and O–H groups in total. The second kappa shape index (κ2) is 5.55. The first-order valence-corrected chi connectivity index (χ1v) is 7.05. The first-order valence-electron chi connectivity index (χ1n) is 7.05. The Morgan fingerprint density at radius 3 is 2.55 bits per heavy atom. The fraction of sp³-hybridized carbons (Fsp3) is 0.294. The molecule has 2 aromatic rings. The fourth-order valence-electron chi connectivity index (χ4n) is 2.85. The molecule has 0 radical (unpaired) electrons. The van der Waals surface area contributed by atoms with Crippen LogP contribution in [-0.4, -0.2) is 10.2 Å². The largest absolute Gasteiger partial charge is 0.508 e. The molecule has 0 bridgehead atoms. The first-order chi connectivity index (χ1) is 9.72. The second-order valence-electron chi connectivity index (χ2n) is 5.38. The summed E-state index contributed by atoms with van der Waals surface area (Å²) in [7, 11) is 0. The Morgan fingerprint density at radius 1 is 1.00 bits per heavy atom. The number of benzene rings is 2. The Morgan fingerprint density at radius 2 is 1.75 bits per heavy atom. The van der Waals surface area contributed by atoms with Gasteiger partial charge in [-0.25, -0.2) is 0 Å². The van der Waals surface area contributed by atoms with Crippen molar-refractivity contribution in [1.29, 1.82) is 0 Å². The number of hydrogen-bond acceptors (Lipinski definition) is 3. The number of rotatable bonds is 3. The van der Waals surface area contributed by atoms with Gasteiger partial charge in [-0.3, -0.25) is 0 Å². The van der Waals surface area contributed by atoms with Gasteiger partial charge in [0.05, 0.1) is 0 Å². The highest BCUT2D eigenvalue weighted by Gasteiger charge is 2.20. The number of aryl methyl sites for hydroxylation is 1. The molecule has 1 unspecified atom stereocenters. The molecule has 1 aliphatic rings. The Kier molecular flexibility index (Phi) is 3.61. The summed E-state index contributed by atoms with van der Waals surface area (Å²) < 4.78 is 0. The third-order valence-corrected chi connectivity index (χ3v) is 3.93. The van der Waals surface area contributed by atoms with E-state index in [1.165, 1.54) is 17.5 Å². The van der Waals surface area contributed by atoms with Crippen LogP contribution < -0.4 is 5.32 Å². The minimum Gasteiger partial charge on any atom is -0.508 e. The van der Waals surface area contributed by atoms with Gasteiger partial charge >= 0.3 is 0 Å². The molecule has 1 atom stereocenters.